The van der Waals surface area contributed by atoms with E-state index in [-0.39, 0.29) is 11.7 Å². The van der Waals surface area contributed by atoms with Gasteiger partial charge in [-0.15, -0.1) is 0 Å². The van der Waals surface area contributed by atoms with Crippen molar-refractivity contribution >= 4 is 0 Å². The summed E-state index contributed by atoms with van der Waals surface area (Å²) >= 11 is 0. The SMILES string of the molecule is CCOC(CC)Oc1ccc(C(CC(C)(C)C)C(C)(C)C)cc1. The summed E-state index contributed by atoms with van der Waals surface area (Å²) in [5, 5.41) is 0. The van der Waals surface area contributed by atoms with Gasteiger partial charge >= 0.3 is 0 Å². The van der Waals surface area contributed by atoms with Crippen LogP contribution in [0.25, 0.3) is 0 Å². The maximum atomic E-state index is 5.90. The van der Waals surface area contributed by atoms with Crippen LogP contribution in [0.1, 0.15) is 79.7 Å². The van der Waals surface area contributed by atoms with Crippen molar-refractivity contribution in [2.45, 2.75) is 80.4 Å². The molecule has 0 aliphatic rings. The van der Waals surface area contributed by atoms with Gasteiger partial charge in [0.2, 0.25) is 0 Å². The van der Waals surface area contributed by atoms with Gasteiger partial charge in [0, 0.05) is 13.0 Å². The fraction of sp³-hybridized carbons (Fsp3) is 0.714. The van der Waals surface area contributed by atoms with Gasteiger partial charge in [-0.3, -0.25) is 0 Å². The van der Waals surface area contributed by atoms with Gasteiger partial charge in [0.15, 0.2) is 6.29 Å². The van der Waals surface area contributed by atoms with E-state index >= 15 is 0 Å². The molecule has 0 saturated heterocycles. The fourth-order valence-electron chi connectivity index (χ4n) is 2.89. The second-order valence-electron chi connectivity index (χ2n) is 8.66. The lowest BCUT2D eigenvalue weighted by Crippen LogP contribution is -2.24. The summed E-state index contributed by atoms with van der Waals surface area (Å²) in [5.74, 6) is 1.42. The Balaban J connectivity index is 2.91. The molecule has 0 aliphatic heterocycles. The van der Waals surface area contributed by atoms with Crippen molar-refractivity contribution in [3.8, 4) is 5.75 Å². The first-order chi connectivity index (χ1) is 10.6. The molecule has 0 N–H and O–H groups in total. The highest BCUT2D eigenvalue weighted by atomic mass is 16.7. The Kier molecular flexibility index (Phi) is 7.13. The van der Waals surface area contributed by atoms with Crippen LogP contribution in [0.4, 0.5) is 0 Å². The smallest absolute Gasteiger partial charge is 0.199 e. The molecule has 0 spiro atoms. The second-order valence-corrected chi connectivity index (χ2v) is 8.66. The molecule has 1 aromatic rings. The van der Waals surface area contributed by atoms with Crippen molar-refractivity contribution in [3.63, 3.8) is 0 Å². The summed E-state index contributed by atoms with van der Waals surface area (Å²) in [6.45, 7) is 18.7. The van der Waals surface area contributed by atoms with E-state index in [2.05, 4.69) is 72.7 Å². The molecule has 0 radical (unpaired) electrons. The molecule has 2 unspecified atom stereocenters. The predicted octanol–water partition coefficient (Wildman–Crippen LogP) is 6.40. The number of ether oxygens (including phenoxy) is 2. The zero-order chi connectivity index (χ0) is 17.7. The van der Waals surface area contributed by atoms with Crippen LogP contribution in [0.2, 0.25) is 0 Å². The highest BCUT2D eigenvalue weighted by Crippen LogP contribution is 2.43. The van der Waals surface area contributed by atoms with Gasteiger partial charge in [0.05, 0.1) is 0 Å². The molecule has 2 nitrogen and oxygen atoms in total. The monoisotopic (exact) mass is 320 g/mol. The van der Waals surface area contributed by atoms with Crippen LogP contribution in [-0.2, 0) is 4.74 Å². The molecular formula is C21H36O2. The molecule has 132 valence electrons. The first-order valence-electron chi connectivity index (χ1n) is 8.95. The average molecular weight is 321 g/mol. The molecule has 0 bridgehead atoms. The quantitative estimate of drug-likeness (QED) is 0.541. The minimum Gasteiger partial charge on any atom is -0.465 e. The number of hydrogen-bond acceptors (Lipinski definition) is 2. The van der Waals surface area contributed by atoms with Crippen molar-refractivity contribution in [3.05, 3.63) is 29.8 Å². The minimum absolute atomic E-state index is 0.154. The van der Waals surface area contributed by atoms with Crippen LogP contribution in [-0.4, -0.2) is 12.9 Å². The average Bonchev–Trinajstić information content (AvgIpc) is 2.43. The number of rotatable bonds is 7. The number of benzene rings is 1. The van der Waals surface area contributed by atoms with Crippen molar-refractivity contribution in [2.75, 3.05) is 6.61 Å². The Hall–Kier alpha value is -1.02. The third-order valence-corrected chi connectivity index (χ3v) is 4.10. The standard InChI is InChI=1S/C21H36O2/c1-9-19(22-10-2)23-17-13-11-16(12-14-17)18(21(6,7)8)15-20(3,4)5/h11-14,18-19H,9-10,15H2,1-8H3. The Morgan fingerprint density at radius 3 is 1.87 bits per heavy atom. The molecule has 0 amide bonds. The zero-order valence-corrected chi connectivity index (χ0v) is 16.4. The van der Waals surface area contributed by atoms with Crippen LogP contribution in [0.3, 0.4) is 0 Å². The maximum absolute atomic E-state index is 5.90. The van der Waals surface area contributed by atoms with Gasteiger partial charge < -0.3 is 9.47 Å². The van der Waals surface area contributed by atoms with Crippen LogP contribution in [0.15, 0.2) is 24.3 Å². The van der Waals surface area contributed by atoms with E-state index in [1.807, 2.05) is 6.92 Å². The van der Waals surface area contributed by atoms with Crippen molar-refractivity contribution in [2.24, 2.45) is 10.8 Å². The van der Waals surface area contributed by atoms with E-state index < -0.39 is 0 Å². The third-order valence-electron chi connectivity index (χ3n) is 4.10. The van der Waals surface area contributed by atoms with Crippen LogP contribution < -0.4 is 4.74 Å². The van der Waals surface area contributed by atoms with E-state index in [4.69, 9.17) is 9.47 Å². The summed E-state index contributed by atoms with van der Waals surface area (Å²) < 4.78 is 11.5. The van der Waals surface area contributed by atoms with E-state index in [1.54, 1.807) is 0 Å². The van der Waals surface area contributed by atoms with E-state index in [9.17, 15) is 0 Å². The highest BCUT2D eigenvalue weighted by molar-refractivity contribution is 5.30. The molecule has 1 aromatic carbocycles. The molecule has 0 aromatic heterocycles. The second kappa shape index (κ2) is 8.19. The topological polar surface area (TPSA) is 18.5 Å². The van der Waals surface area contributed by atoms with Crippen molar-refractivity contribution in [1.29, 1.82) is 0 Å². The molecule has 2 atom stereocenters. The Morgan fingerprint density at radius 1 is 0.913 bits per heavy atom. The van der Waals surface area contributed by atoms with E-state index in [0.717, 1.165) is 12.2 Å². The van der Waals surface area contributed by atoms with Gasteiger partial charge in [-0.2, -0.15) is 0 Å². The summed E-state index contributed by atoms with van der Waals surface area (Å²) in [6.07, 6.45) is 1.87. The summed E-state index contributed by atoms with van der Waals surface area (Å²) in [5.41, 5.74) is 1.95. The summed E-state index contributed by atoms with van der Waals surface area (Å²) in [6, 6.07) is 8.60. The molecule has 1 rings (SSSR count). The van der Waals surface area contributed by atoms with Gasteiger partial charge in [0.1, 0.15) is 5.75 Å². The predicted molar refractivity (Wildman–Crippen MR) is 99.0 cm³/mol. The van der Waals surface area contributed by atoms with Crippen molar-refractivity contribution < 1.29 is 9.47 Å². The number of hydrogen-bond donors (Lipinski definition) is 0. The van der Waals surface area contributed by atoms with Gasteiger partial charge in [-0.1, -0.05) is 60.6 Å². The first-order valence-corrected chi connectivity index (χ1v) is 8.95. The van der Waals surface area contributed by atoms with Gasteiger partial charge in [0.25, 0.3) is 0 Å². The Bertz CT molecular complexity index is 448. The maximum Gasteiger partial charge on any atom is 0.199 e. The lowest BCUT2D eigenvalue weighted by Gasteiger charge is -2.36. The van der Waals surface area contributed by atoms with E-state index in [0.29, 0.717) is 17.9 Å². The highest BCUT2D eigenvalue weighted by Gasteiger charge is 2.30. The van der Waals surface area contributed by atoms with Crippen LogP contribution in [0, 0.1) is 10.8 Å². The van der Waals surface area contributed by atoms with Gasteiger partial charge in [-0.25, -0.2) is 0 Å². The lowest BCUT2D eigenvalue weighted by atomic mass is 9.69. The van der Waals surface area contributed by atoms with Crippen molar-refractivity contribution in [1.82, 2.24) is 0 Å². The normalized spacial score (nSPS) is 15.3. The molecular weight excluding hydrogens is 284 g/mol. The molecule has 23 heavy (non-hydrogen) atoms. The van der Waals surface area contributed by atoms with Crippen LogP contribution in [0.5, 0.6) is 5.75 Å². The third kappa shape index (κ3) is 6.95. The molecule has 0 heterocycles. The van der Waals surface area contributed by atoms with Gasteiger partial charge in [-0.05, 0) is 47.8 Å². The largest absolute Gasteiger partial charge is 0.465 e. The summed E-state index contributed by atoms with van der Waals surface area (Å²) in [4.78, 5) is 0. The van der Waals surface area contributed by atoms with E-state index in [1.165, 1.54) is 12.0 Å². The van der Waals surface area contributed by atoms with Crippen LogP contribution >= 0.6 is 0 Å². The fourth-order valence-corrected chi connectivity index (χ4v) is 2.89. The zero-order valence-electron chi connectivity index (χ0n) is 16.4. The molecule has 0 aliphatic carbocycles. The Morgan fingerprint density at radius 2 is 1.48 bits per heavy atom. The first kappa shape index (κ1) is 20.0. The molecule has 0 fully saturated rings. The Labute approximate surface area is 143 Å². The molecule has 0 saturated carbocycles. The minimum atomic E-state index is -0.154. The molecule has 2 heteroatoms. The lowest BCUT2D eigenvalue weighted by molar-refractivity contribution is -0.0766. The summed E-state index contributed by atoms with van der Waals surface area (Å²) in [7, 11) is 0.